The fourth-order valence-corrected chi connectivity index (χ4v) is 2.25. The molecule has 1 aliphatic rings. The van der Waals surface area contributed by atoms with Gasteiger partial charge in [-0.15, -0.1) is 0 Å². The van der Waals surface area contributed by atoms with Gasteiger partial charge in [-0.3, -0.25) is 0 Å². The topological polar surface area (TPSA) is 38.7 Å². The molecule has 0 bridgehead atoms. The van der Waals surface area contributed by atoms with Crippen LogP contribution in [0.3, 0.4) is 0 Å². The van der Waals surface area contributed by atoms with Crippen LogP contribution in [0.5, 0.6) is 0 Å². The first-order chi connectivity index (χ1) is 9.34. The number of aliphatic hydroxyl groups is 1. The summed E-state index contributed by atoms with van der Waals surface area (Å²) in [5.74, 6) is 0. The van der Waals surface area contributed by atoms with E-state index in [1.165, 1.54) is 0 Å². The van der Waals surface area contributed by atoms with Crippen molar-refractivity contribution in [1.82, 2.24) is 0 Å². The number of hydrogen-bond acceptors (Lipinski definition) is 3. The molecule has 1 heterocycles. The Bertz CT molecular complexity index is 533. The molecule has 0 saturated carbocycles. The van der Waals surface area contributed by atoms with Gasteiger partial charge in [0, 0.05) is 5.56 Å². The predicted octanol–water partition coefficient (Wildman–Crippen LogP) is 2.81. The minimum atomic E-state index is -0.623. The molecule has 1 atom stereocenters. The number of hydrogen-bond donors (Lipinski definition) is 1. The Hall–Kier alpha value is -1.68. The largest absolute Gasteiger partial charge is 0.384 e. The number of rotatable bonds is 3. The van der Waals surface area contributed by atoms with E-state index in [1.54, 1.807) is 0 Å². The van der Waals surface area contributed by atoms with Crippen LogP contribution in [0.4, 0.5) is 0 Å². The van der Waals surface area contributed by atoms with Crippen molar-refractivity contribution in [3.8, 4) is 0 Å². The summed E-state index contributed by atoms with van der Waals surface area (Å²) in [4.78, 5) is 0. The van der Waals surface area contributed by atoms with Gasteiger partial charge in [0.1, 0.15) is 6.10 Å². The van der Waals surface area contributed by atoms with Gasteiger partial charge in [0.15, 0.2) is 6.29 Å². The molecule has 0 aliphatic carbocycles. The SMILES string of the molecule is OC(c1ccccc1)c1cccc(C2OCCO2)c1. The molecule has 2 aromatic carbocycles. The number of aliphatic hydroxyl groups excluding tert-OH is 1. The summed E-state index contributed by atoms with van der Waals surface area (Å²) in [7, 11) is 0. The van der Waals surface area contributed by atoms with Crippen LogP contribution in [0, 0.1) is 0 Å². The molecule has 1 unspecified atom stereocenters. The standard InChI is InChI=1S/C16H16O3/c17-15(12-5-2-1-3-6-12)13-7-4-8-14(11-13)16-18-9-10-19-16/h1-8,11,15-17H,9-10H2. The zero-order valence-corrected chi connectivity index (χ0v) is 10.5. The summed E-state index contributed by atoms with van der Waals surface area (Å²) in [6.07, 6.45) is -0.925. The van der Waals surface area contributed by atoms with Gasteiger partial charge >= 0.3 is 0 Å². The van der Waals surface area contributed by atoms with Crippen LogP contribution in [-0.4, -0.2) is 18.3 Å². The number of benzene rings is 2. The smallest absolute Gasteiger partial charge is 0.184 e. The predicted molar refractivity (Wildman–Crippen MR) is 71.6 cm³/mol. The van der Waals surface area contributed by atoms with Crippen molar-refractivity contribution in [1.29, 1.82) is 0 Å². The summed E-state index contributed by atoms with van der Waals surface area (Å²) in [6.45, 7) is 1.24. The molecule has 0 spiro atoms. The lowest BCUT2D eigenvalue weighted by atomic mass is 10.00. The van der Waals surface area contributed by atoms with Crippen molar-refractivity contribution in [2.45, 2.75) is 12.4 Å². The average molecular weight is 256 g/mol. The van der Waals surface area contributed by atoms with Crippen molar-refractivity contribution in [3.05, 3.63) is 71.3 Å². The van der Waals surface area contributed by atoms with Crippen molar-refractivity contribution < 1.29 is 14.6 Å². The first-order valence-corrected chi connectivity index (χ1v) is 6.41. The van der Waals surface area contributed by atoms with Crippen LogP contribution in [0.15, 0.2) is 54.6 Å². The van der Waals surface area contributed by atoms with E-state index in [-0.39, 0.29) is 6.29 Å². The van der Waals surface area contributed by atoms with E-state index >= 15 is 0 Å². The molecule has 1 saturated heterocycles. The highest BCUT2D eigenvalue weighted by atomic mass is 16.7. The van der Waals surface area contributed by atoms with E-state index in [9.17, 15) is 5.11 Å². The Labute approximate surface area is 112 Å². The van der Waals surface area contributed by atoms with E-state index in [4.69, 9.17) is 9.47 Å². The molecular weight excluding hydrogens is 240 g/mol. The van der Waals surface area contributed by atoms with Gasteiger partial charge in [0.25, 0.3) is 0 Å². The van der Waals surface area contributed by atoms with Crippen LogP contribution in [0.1, 0.15) is 29.1 Å². The number of ether oxygens (including phenoxy) is 2. The molecule has 1 fully saturated rings. The Balaban J connectivity index is 1.86. The third kappa shape index (κ3) is 2.68. The van der Waals surface area contributed by atoms with E-state index in [1.807, 2.05) is 54.6 Å². The van der Waals surface area contributed by atoms with Gasteiger partial charge in [-0.25, -0.2) is 0 Å². The Morgan fingerprint density at radius 1 is 0.895 bits per heavy atom. The van der Waals surface area contributed by atoms with Crippen molar-refractivity contribution in [3.63, 3.8) is 0 Å². The maximum absolute atomic E-state index is 10.4. The second-order valence-electron chi connectivity index (χ2n) is 4.56. The van der Waals surface area contributed by atoms with Gasteiger partial charge in [-0.2, -0.15) is 0 Å². The highest BCUT2D eigenvalue weighted by Gasteiger charge is 2.19. The molecule has 0 amide bonds. The van der Waals surface area contributed by atoms with Crippen LogP contribution >= 0.6 is 0 Å². The molecule has 0 aromatic heterocycles. The van der Waals surface area contributed by atoms with Gasteiger partial charge in [0.2, 0.25) is 0 Å². The Morgan fingerprint density at radius 3 is 2.32 bits per heavy atom. The zero-order valence-electron chi connectivity index (χ0n) is 10.5. The third-order valence-electron chi connectivity index (χ3n) is 3.24. The minimum Gasteiger partial charge on any atom is -0.384 e. The first kappa shape index (κ1) is 12.4. The van der Waals surface area contributed by atoms with E-state index in [2.05, 4.69) is 0 Å². The Morgan fingerprint density at radius 2 is 1.58 bits per heavy atom. The first-order valence-electron chi connectivity index (χ1n) is 6.41. The maximum Gasteiger partial charge on any atom is 0.184 e. The summed E-state index contributed by atoms with van der Waals surface area (Å²) < 4.78 is 11.0. The molecule has 98 valence electrons. The average Bonchev–Trinajstić information content (AvgIpc) is 3.02. The summed E-state index contributed by atoms with van der Waals surface area (Å²) >= 11 is 0. The van der Waals surface area contributed by atoms with Crippen LogP contribution < -0.4 is 0 Å². The van der Waals surface area contributed by atoms with Gasteiger partial charge in [-0.05, 0) is 17.2 Å². The van der Waals surface area contributed by atoms with E-state index in [0.717, 1.165) is 16.7 Å². The summed E-state index contributed by atoms with van der Waals surface area (Å²) in [5, 5.41) is 10.4. The van der Waals surface area contributed by atoms with Crippen LogP contribution in [0.25, 0.3) is 0 Å². The van der Waals surface area contributed by atoms with Crippen molar-refractivity contribution in [2.24, 2.45) is 0 Å². The molecule has 2 aromatic rings. The second kappa shape index (κ2) is 5.53. The zero-order chi connectivity index (χ0) is 13.1. The fraction of sp³-hybridized carbons (Fsp3) is 0.250. The quantitative estimate of drug-likeness (QED) is 0.917. The summed E-state index contributed by atoms with van der Waals surface area (Å²) in [5.41, 5.74) is 2.68. The van der Waals surface area contributed by atoms with E-state index < -0.39 is 6.10 Å². The lowest BCUT2D eigenvalue weighted by molar-refractivity contribution is -0.0442. The second-order valence-corrected chi connectivity index (χ2v) is 4.56. The molecule has 1 N–H and O–H groups in total. The monoisotopic (exact) mass is 256 g/mol. The molecular formula is C16H16O3. The maximum atomic E-state index is 10.4. The highest BCUT2D eigenvalue weighted by Crippen LogP contribution is 2.28. The van der Waals surface area contributed by atoms with Crippen LogP contribution in [0.2, 0.25) is 0 Å². The Kier molecular flexibility index (Phi) is 3.60. The molecule has 1 aliphatic heterocycles. The van der Waals surface area contributed by atoms with Crippen molar-refractivity contribution >= 4 is 0 Å². The van der Waals surface area contributed by atoms with E-state index in [0.29, 0.717) is 13.2 Å². The lowest BCUT2D eigenvalue weighted by Crippen LogP contribution is -2.03. The van der Waals surface area contributed by atoms with Gasteiger partial charge in [0.05, 0.1) is 13.2 Å². The molecule has 3 nitrogen and oxygen atoms in total. The molecule has 3 rings (SSSR count). The minimum absolute atomic E-state index is 0.303. The molecule has 0 radical (unpaired) electrons. The third-order valence-corrected chi connectivity index (χ3v) is 3.24. The lowest BCUT2D eigenvalue weighted by Gasteiger charge is -2.15. The molecule has 19 heavy (non-hydrogen) atoms. The van der Waals surface area contributed by atoms with Crippen LogP contribution in [-0.2, 0) is 9.47 Å². The normalized spacial score (nSPS) is 17.5. The van der Waals surface area contributed by atoms with Gasteiger partial charge < -0.3 is 14.6 Å². The van der Waals surface area contributed by atoms with Gasteiger partial charge in [-0.1, -0.05) is 48.5 Å². The molecule has 3 heteroatoms. The fourth-order valence-electron chi connectivity index (χ4n) is 2.25. The summed E-state index contributed by atoms with van der Waals surface area (Å²) in [6, 6.07) is 17.3. The van der Waals surface area contributed by atoms with Crippen molar-refractivity contribution in [2.75, 3.05) is 13.2 Å². The highest BCUT2D eigenvalue weighted by molar-refractivity contribution is 5.33.